The fourth-order valence-corrected chi connectivity index (χ4v) is 4.46. The van der Waals surface area contributed by atoms with Gasteiger partial charge in [0.25, 0.3) is 5.91 Å². The van der Waals surface area contributed by atoms with Crippen LogP contribution in [0.3, 0.4) is 0 Å². The molecule has 4 heterocycles. The van der Waals surface area contributed by atoms with Crippen molar-refractivity contribution < 1.29 is 4.79 Å². The van der Waals surface area contributed by atoms with E-state index >= 15 is 0 Å². The number of carbonyl (C=O) groups excluding carboxylic acids is 1. The molecule has 3 N–H and O–H groups in total. The van der Waals surface area contributed by atoms with E-state index < -0.39 is 0 Å². The van der Waals surface area contributed by atoms with Crippen molar-refractivity contribution in [2.75, 3.05) is 6.54 Å². The molecule has 8 nitrogen and oxygen atoms in total. The van der Waals surface area contributed by atoms with Gasteiger partial charge in [0, 0.05) is 36.1 Å². The lowest BCUT2D eigenvalue weighted by Gasteiger charge is -2.26. The number of nitrogens with one attached hydrogen (secondary N) is 3. The zero-order valence-electron chi connectivity index (χ0n) is 15.6. The third kappa shape index (κ3) is 4.05. The number of fused-ring (bicyclic) bond motifs is 1. The van der Waals surface area contributed by atoms with Crippen LogP contribution in [0.2, 0.25) is 0 Å². The number of rotatable bonds is 6. The molecule has 0 unspecified atom stereocenters. The van der Waals surface area contributed by atoms with Gasteiger partial charge in [-0.25, -0.2) is 9.89 Å². The van der Waals surface area contributed by atoms with E-state index in [9.17, 15) is 9.59 Å². The predicted molar refractivity (Wildman–Crippen MR) is 106 cm³/mol. The van der Waals surface area contributed by atoms with E-state index in [1.54, 1.807) is 11.3 Å². The number of aromatic amines is 2. The van der Waals surface area contributed by atoms with E-state index in [0.717, 1.165) is 49.3 Å². The summed E-state index contributed by atoms with van der Waals surface area (Å²) in [5.74, 6) is 0.279. The number of thiophene rings is 1. The van der Waals surface area contributed by atoms with Gasteiger partial charge in [-0.1, -0.05) is 13.0 Å². The van der Waals surface area contributed by atoms with Gasteiger partial charge in [0.1, 0.15) is 5.82 Å². The molecule has 0 fully saturated rings. The number of hydrogen-bond donors (Lipinski definition) is 3. The van der Waals surface area contributed by atoms with E-state index in [4.69, 9.17) is 0 Å². The lowest BCUT2D eigenvalue weighted by atomic mass is 10.0. The molecule has 0 atom stereocenters. The Morgan fingerprint density at radius 3 is 3.00 bits per heavy atom. The first kappa shape index (κ1) is 18.6. The molecule has 0 aliphatic carbocycles. The van der Waals surface area contributed by atoms with Crippen molar-refractivity contribution in [3.05, 3.63) is 67.3 Å². The number of pyridine rings is 1. The summed E-state index contributed by atoms with van der Waals surface area (Å²) in [6.07, 6.45) is 3.79. The summed E-state index contributed by atoms with van der Waals surface area (Å²) in [6, 6.07) is 4.24. The monoisotopic (exact) mass is 398 g/mol. The molecule has 0 saturated carbocycles. The first-order valence-electron chi connectivity index (χ1n) is 9.29. The molecule has 0 aromatic carbocycles. The fraction of sp³-hybridized carbons (Fsp3) is 0.368. The summed E-state index contributed by atoms with van der Waals surface area (Å²) >= 11 is 1.62. The molecule has 0 spiro atoms. The van der Waals surface area contributed by atoms with Crippen LogP contribution < -0.4 is 11.0 Å². The van der Waals surface area contributed by atoms with Gasteiger partial charge in [-0.3, -0.25) is 19.7 Å². The zero-order valence-corrected chi connectivity index (χ0v) is 16.4. The van der Waals surface area contributed by atoms with Crippen LogP contribution in [0, 0.1) is 0 Å². The first-order chi connectivity index (χ1) is 13.6. The highest BCUT2D eigenvalue weighted by atomic mass is 32.1. The fourth-order valence-electron chi connectivity index (χ4n) is 3.34. The van der Waals surface area contributed by atoms with E-state index in [2.05, 4.69) is 49.4 Å². The van der Waals surface area contributed by atoms with Crippen molar-refractivity contribution in [1.82, 2.24) is 30.4 Å². The minimum absolute atomic E-state index is 0.133. The number of carbonyl (C=O) groups is 1. The van der Waals surface area contributed by atoms with Crippen LogP contribution in [0.4, 0.5) is 0 Å². The number of hydrogen-bond acceptors (Lipinski definition) is 6. The summed E-state index contributed by atoms with van der Waals surface area (Å²) in [5, 5.41) is 10.8. The Morgan fingerprint density at radius 1 is 1.39 bits per heavy atom. The van der Waals surface area contributed by atoms with Gasteiger partial charge in [0.15, 0.2) is 0 Å². The normalized spacial score (nSPS) is 14.0. The maximum atomic E-state index is 12.5. The van der Waals surface area contributed by atoms with Crippen LogP contribution >= 0.6 is 11.3 Å². The maximum absolute atomic E-state index is 12.5. The average Bonchev–Trinajstić information content (AvgIpc) is 3.32. The van der Waals surface area contributed by atoms with E-state index in [0.29, 0.717) is 5.82 Å². The summed E-state index contributed by atoms with van der Waals surface area (Å²) in [7, 11) is 0. The molecule has 146 valence electrons. The molecule has 1 amide bonds. The summed E-state index contributed by atoms with van der Waals surface area (Å²) in [4.78, 5) is 34.3. The molecule has 3 aromatic heterocycles. The maximum Gasteiger partial charge on any atom is 0.340 e. The second-order valence-corrected chi connectivity index (χ2v) is 7.79. The molecule has 0 radical (unpaired) electrons. The third-order valence-corrected chi connectivity index (χ3v) is 5.93. The van der Waals surface area contributed by atoms with Crippen LogP contribution in [0.15, 0.2) is 28.5 Å². The highest BCUT2D eigenvalue weighted by Crippen LogP contribution is 2.29. The van der Waals surface area contributed by atoms with Gasteiger partial charge in [-0.2, -0.15) is 5.10 Å². The van der Waals surface area contributed by atoms with Crippen molar-refractivity contribution in [2.45, 2.75) is 39.4 Å². The van der Waals surface area contributed by atoms with Gasteiger partial charge in [0.2, 0.25) is 0 Å². The standard InChI is InChI=1S/C19H22N6O2S/c1-2-12-3-4-13(20-7-12)9-25-6-5-14-15(11-28-16(14)10-25)18(26)21-8-17-22-19(27)24-23-17/h3-4,7,11H,2,5-6,8-10H2,1H3,(H,21,26)(H2,22,23,24,27). The van der Waals surface area contributed by atoms with Crippen molar-refractivity contribution in [2.24, 2.45) is 0 Å². The molecule has 0 bridgehead atoms. The van der Waals surface area contributed by atoms with Crippen LogP contribution in [0.25, 0.3) is 0 Å². The van der Waals surface area contributed by atoms with Gasteiger partial charge < -0.3 is 5.32 Å². The SMILES string of the molecule is CCc1ccc(CN2CCc3c(C(=O)NCc4n[nH]c(=O)[nH]4)csc3C2)nc1. The Morgan fingerprint density at radius 2 is 2.29 bits per heavy atom. The molecular weight excluding hydrogens is 376 g/mol. The Kier molecular flexibility index (Phi) is 5.36. The van der Waals surface area contributed by atoms with E-state index in [1.807, 2.05) is 11.6 Å². The largest absolute Gasteiger partial charge is 0.345 e. The van der Waals surface area contributed by atoms with Crippen LogP contribution in [0.1, 0.15) is 44.8 Å². The minimum atomic E-state index is -0.379. The van der Waals surface area contributed by atoms with E-state index in [-0.39, 0.29) is 18.1 Å². The van der Waals surface area contributed by atoms with Crippen LogP contribution in [-0.2, 0) is 32.5 Å². The quantitative estimate of drug-likeness (QED) is 0.585. The topological polar surface area (TPSA) is 107 Å². The Balaban J connectivity index is 1.38. The first-order valence-corrected chi connectivity index (χ1v) is 10.2. The molecule has 1 aliphatic rings. The Hall–Kier alpha value is -2.78. The van der Waals surface area contributed by atoms with Crippen molar-refractivity contribution in [1.29, 1.82) is 0 Å². The second kappa shape index (κ2) is 8.07. The Bertz CT molecular complexity index is 1020. The van der Waals surface area contributed by atoms with Crippen molar-refractivity contribution in [3.63, 3.8) is 0 Å². The van der Waals surface area contributed by atoms with E-state index in [1.165, 1.54) is 10.4 Å². The molecule has 3 aromatic rings. The summed E-state index contributed by atoms with van der Waals surface area (Å²) < 4.78 is 0. The Labute approximate surface area is 166 Å². The van der Waals surface area contributed by atoms with Crippen LogP contribution in [0.5, 0.6) is 0 Å². The lowest BCUT2D eigenvalue weighted by molar-refractivity contribution is 0.0948. The minimum Gasteiger partial charge on any atom is -0.345 e. The number of amides is 1. The smallest absolute Gasteiger partial charge is 0.340 e. The van der Waals surface area contributed by atoms with Gasteiger partial charge >= 0.3 is 5.69 Å². The van der Waals surface area contributed by atoms with Gasteiger partial charge in [-0.05, 0) is 30.0 Å². The highest BCUT2D eigenvalue weighted by molar-refractivity contribution is 7.10. The number of aromatic nitrogens is 4. The molecule has 4 rings (SSSR count). The summed E-state index contributed by atoms with van der Waals surface area (Å²) in [5.41, 5.74) is 3.79. The molecule has 9 heteroatoms. The molecule has 1 aliphatic heterocycles. The van der Waals surface area contributed by atoms with Gasteiger partial charge in [-0.15, -0.1) is 11.3 Å². The molecule has 0 saturated heterocycles. The number of nitrogens with zero attached hydrogens (tertiary/aromatic N) is 3. The van der Waals surface area contributed by atoms with Gasteiger partial charge in [0.05, 0.1) is 17.8 Å². The summed E-state index contributed by atoms with van der Waals surface area (Å²) in [6.45, 7) is 4.86. The lowest BCUT2D eigenvalue weighted by Crippen LogP contribution is -2.31. The molecule has 28 heavy (non-hydrogen) atoms. The molecular formula is C19H22N6O2S. The third-order valence-electron chi connectivity index (χ3n) is 4.92. The number of H-pyrrole nitrogens is 2. The van der Waals surface area contributed by atoms with Crippen LogP contribution in [-0.4, -0.2) is 37.5 Å². The highest BCUT2D eigenvalue weighted by Gasteiger charge is 2.24. The predicted octanol–water partition coefficient (Wildman–Crippen LogP) is 1.61. The number of aryl methyl sites for hydroxylation is 1. The second-order valence-electron chi connectivity index (χ2n) is 6.83. The zero-order chi connectivity index (χ0) is 19.5. The van der Waals surface area contributed by atoms with Crippen molar-refractivity contribution >= 4 is 17.2 Å². The van der Waals surface area contributed by atoms with Crippen molar-refractivity contribution in [3.8, 4) is 0 Å². The average molecular weight is 398 g/mol.